The third kappa shape index (κ3) is 2.59. The van der Waals surface area contributed by atoms with Crippen molar-refractivity contribution in [1.82, 2.24) is 10.2 Å². The van der Waals surface area contributed by atoms with Crippen LogP contribution in [0.1, 0.15) is 24.0 Å². The van der Waals surface area contributed by atoms with Gasteiger partial charge in [-0.3, -0.25) is 0 Å². The zero-order valence-corrected chi connectivity index (χ0v) is 15.7. The minimum absolute atomic E-state index is 0.0813. The van der Waals surface area contributed by atoms with E-state index >= 15 is 0 Å². The molecule has 0 aromatic heterocycles. The van der Waals surface area contributed by atoms with Crippen molar-refractivity contribution in [3.05, 3.63) is 48.1 Å². The molecule has 0 bridgehead atoms. The summed E-state index contributed by atoms with van der Waals surface area (Å²) >= 11 is 5.58. The average molecular weight is 372 g/mol. The maximum Gasteiger partial charge on any atom is 0.169 e. The highest BCUT2D eigenvalue weighted by Crippen LogP contribution is 2.55. The van der Waals surface area contributed by atoms with E-state index in [1.807, 2.05) is 12.1 Å². The van der Waals surface area contributed by atoms with E-state index in [1.165, 1.54) is 11.1 Å². The van der Waals surface area contributed by atoms with Gasteiger partial charge in [-0.05, 0) is 30.3 Å². The molecule has 2 heterocycles. The summed E-state index contributed by atoms with van der Waals surface area (Å²) in [5.74, 6) is 1.57. The molecule has 5 nitrogen and oxygen atoms in total. The normalized spacial score (nSPS) is 28.5. The molecule has 2 unspecified atom stereocenters. The number of rotatable bonds is 3. The van der Waals surface area contributed by atoms with Gasteiger partial charge in [0.1, 0.15) is 6.10 Å². The predicted molar refractivity (Wildman–Crippen MR) is 105 cm³/mol. The number of aliphatic hydroxyl groups excluding tert-OH is 1. The lowest BCUT2D eigenvalue weighted by atomic mass is 9.69. The Kier molecular flexibility index (Phi) is 4.40. The van der Waals surface area contributed by atoms with Crippen molar-refractivity contribution in [3.63, 3.8) is 0 Å². The first kappa shape index (κ1) is 17.4. The maximum absolute atomic E-state index is 10.1. The highest BCUT2D eigenvalue weighted by molar-refractivity contribution is 7.80. The monoisotopic (exact) mass is 372 g/mol. The Hall–Kier alpha value is -2.05. The van der Waals surface area contributed by atoms with E-state index in [9.17, 15) is 5.11 Å². The van der Waals surface area contributed by atoms with Crippen LogP contribution in [-0.4, -0.2) is 47.5 Å². The molecule has 3 atom stereocenters. The van der Waals surface area contributed by atoms with E-state index in [2.05, 4.69) is 28.9 Å². The number of hydrogen-bond acceptors (Lipinski definition) is 4. The first-order chi connectivity index (χ1) is 12.6. The predicted octanol–water partition coefficient (Wildman–Crippen LogP) is 2.28. The highest BCUT2D eigenvalue weighted by Gasteiger charge is 2.52. The Morgan fingerprint density at radius 2 is 2.42 bits per heavy atom. The van der Waals surface area contributed by atoms with Crippen LogP contribution in [0.15, 0.2) is 36.9 Å². The number of aliphatic hydroxyl groups is 1. The van der Waals surface area contributed by atoms with Crippen molar-refractivity contribution >= 4 is 17.3 Å². The molecular weight excluding hydrogens is 348 g/mol. The molecule has 1 aromatic rings. The molecule has 2 aliphatic heterocycles. The molecule has 0 amide bonds. The van der Waals surface area contributed by atoms with Gasteiger partial charge in [0, 0.05) is 31.6 Å². The number of methoxy groups -OCH3 is 1. The van der Waals surface area contributed by atoms with Crippen LogP contribution >= 0.6 is 12.2 Å². The standard InChI is InChI=1S/C20H24N2O3S/c1-3-9-21-19(26)22-10-8-20-7-6-14(23)11-16(20)25-18-15(24-2)5-4-13(12-22)17(18)20/h3-7,14,16,23H,1,8-12H2,2H3,(H,21,26)/t14-,16?,20?/m0/s1. The molecule has 0 fully saturated rings. The van der Waals surface area contributed by atoms with Crippen molar-refractivity contribution in [1.29, 1.82) is 0 Å². The molecule has 138 valence electrons. The number of benzene rings is 1. The molecule has 2 N–H and O–H groups in total. The second kappa shape index (κ2) is 6.59. The molecule has 26 heavy (non-hydrogen) atoms. The topological polar surface area (TPSA) is 54.0 Å². The first-order valence-electron chi connectivity index (χ1n) is 8.97. The van der Waals surface area contributed by atoms with Crippen LogP contribution in [0.3, 0.4) is 0 Å². The number of ether oxygens (including phenoxy) is 2. The summed E-state index contributed by atoms with van der Waals surface area (Å²) in [6.45, 7) is 5.94. The molecular formula is C20H24N2O3S. The number of nitrogens with one attached hydrogen (secondary N) is 1. The van der Waals surface area contributed by atoms with E-state index in [1.54, 1.807) is 13.2 Å². The lowest BCUT2D eigenvalue weighted by Crippen LogP contribution is -2.44. The maximum atomic E-state index is 10.1. The van der Waals surface area contributed by atoms with Crippen LogP contribution in [0.25, 0.3) is 0 Å². The lowest BCUT2D eigenvalue weighted by Gasteiger charge is -2.36. The summed E-state index contributed by atoms with van der Waals surface area (Å²) < 4.78 is 11.9. The molecule has 1 spiro atoms. The van der Waals surface area contributed by atoms with Gasteiger partial charge in [-0.25, -0.2) is 0 Å². The van der Waals surface area contributed by atoms with Gasteiger partial charge < -0.3 is 24.8 Å². The van der Waals surface area contributed by atoms with Gasteiger partial charge in [-0.2, -0.15) is 0 Å². The van der Waals surface area contributed by atoms with Gasteiger partial charge in [-0.1, -0.05) is 24.3 Å². The Morgan fingerprint density at radius 3 is 3.19 bits per heavy atom. The fraction of sp³-hybridized carbons (Fsp3) is 0.450. The van der Waals surface area contributed by atoms with E-state index in [4.69, 9.17) is 21.7 Å². The minimum atomic E-state index is -0.468. The zero-order valence-electron chi connectivity index (χ0n) is 14.9. The van der Waals surface area contributed by atoms with E-state index in [0.717, 1.165) is 36.1 Å². The Morgan fingerprint density at radius 1 is 1.58 bits per heavy atom. The average Bonchev–Trinajstić information content (AvgIpc) is 2.87. The van der Waals surface area contributed by atoms with Crippen LogP contribution in [-0.2, 0) is 12.0 Å². The second-order valence-electron chi connectivity index (χ2n) is 7.09. The zero-order chi connectivity index (χ0) is 18.3. The van der Waals surface area contributed by atoms with Crippen molar-refractivity contribution in [3.8, 4) is 11.5 Å². The van der Waals surface area contributed by atoms with Crippen LogP contribution < -0.4 is 14.8 Å². The van der Waals surface area contributed by atoms with Crippen LogP contribution in [0.5, 0.6) is 11.5 Å². The molecule has 0 saturated carbocycles. The fourth-order valence-corrected chi connectivity index (χ4v) is 4.62. The van der Waals surface area contributed by atoms with Crippen LogP contribution in [0.4, 0.5) is 0 Å². The van der Waals surface area contributed by atoms with Crippen molar-refractivity contribution < 1.29 is 14.6 Å². The number of nitrogens with zero attached hydrogens (tertiary/aromatic N) is 1. The quantitative estimate of drug-likeness (QED) is 0.627. The summed E-state index contributed by atoms with van der Waals surface area (Å²) in [6, 6.07) is 4.07. The number of thiocarbonyl (C=S) groups is 1. The van der Waals surface area contributed by atoms with Gasteiger partial charge in [0.15, 0.2) is 16.6 Å². The van der Waals surface area contributed by atoms with Crippen molar-refractivity contribution in [2.45, 2.75) is 37.0 Å². The Bertz CT molecular complexity index is 779. The SMILES string of the molecule is C=CCNC(=S)N1CCC23C=C[C@H](O)CC2Oc2c(OC)ccc(c23)C1. The van der Waals surface area contributed by atoms with E-state index < -0.39 is 6.10 Å². The molecule has 0 saturated heterocycles. The largest absolute Gasteiger partial charge is 0.493 e. The molecule has 6 heteroatoms. The van der Waals surface area contributed by atoms with Gasteiger partial charge in [-0.15, -0.1) is 6.58 Å². The summed E-state index contributed by atoms with van der Waals surface area (Å²) in [5, 5.41) is 14.1. The van der Waals surface area contributed by atoms with Crippen LogP contribution in [0, 0.1) is 0 Å². The molecule has 0 radical (unpaired) electrons. The fourth-order valence-electron chi connectivity index (χ4n) is 4.38. The van der Waals surface area contributed by atoms with Crippen molar-refractivity contribution in [2.75, 3.05) is 20.2 Å². The summed E-state index contributed by atoms with van der Waals surface area (Å²) in [5.41, 5.74) is 2.16. The molecule has 1 aliphatic carbocycles. The minimum Gasteiger partial charge on any atom is -0.493 e. The Balaban J connectivity index is 1.78. The second-order valence-corrected chi connectivity index (χ2v) is 7.47. The van der Waals surface area contributed by atoms with Crippen LogP contribution in [0.2, 0.25) is 0 Å². The lowest BCUT2D eigenvalue weighted by molar-refractivity contribution is 0.0833. The van der Waals surface area contributed by atoms with Gasteiger partial charge in [0.25, 0.3) is 0 Å². The molecule has 3 aliphatic rings. The third-order valence-corrected chi connectivity index (χ3v) is 6.04. The summed E-state index contributed by atoms with van der Waals surface area (Å²) in [7, 11) is 1.66. The highest BCUT2D eigenvalue weighted by atomic mass is 32.1. The van der Waals surface area contributed by atoms with Gasteiger partial charge in [0.2, 0.25) is 0 Å². The summed E-state index contributed by atoms with van der Waals surface area (Å²) in [4.78, 5) is 2.20. The molecule has 1 aromatic carbocycles. The van der Waals surface area contributed by atoms with E-state index in [0.29, 0.717) is 13.0 Å². The van der Waals surface area contributed by atoms with E-state index in [-0.39, 0.29) is 11.5 Å². The summed E-state index contributed by atoms with van der Waals surface area (Å²) in [6.07, 6.45) is 6.77. The third-order valence-electron chi connectivity index (χ3n) is 5.64. The first-order valence-corrected chi connectivity index (χ1v) is 9.38. The van der Waals surface area contributed by atoms with Gasteiger partial charge >= 0.3 is 0 Å². The number of hydrogen-bond donors (Lipinski definition) is 2. The smallest absolute Gasteiger partial charge is 0.169 e. The molecule has 4 rings (SSSR count). The Labute approximate surface area is 159 Å². The van der Waals surface area contributed by atoms with Crippen molar-refractivity contribution in [2.24, 2.45) is 0 Å². The van der Waals surface area contributed by atoms with Gasteiger partial charge in [0.05, 0.1) is 18.6 Å².